The van der Waals surface area contributed by atoms with E-state index in [1.807, 2.05) is 0 Å². The number of methoxy groups -OCH3 is 1. The molecule has 86 valence electrons. The average molecular weight is 226 g/mol. The van der Waals surface area contributed by atoms with Gasteiger partial charge in [-0.15, -0.1) is 0 Å². The van der Waals surface area contributed by atoms with Crippen molar-refractivity contribution in [2.75, 3.05) is 7.11 Å². The summed E-state index contributed by atoms with van der Waals surface area (Å²) in [5.74, 6) is -1.69. The molecule has 0 saturated heterocycles. The number of carbonyl (C=O) groups is 1. The first-order valence-electron chi connectivity index (χ1n) is 4.74. The number of rotatable bonds is 4. The molecule has 0 N–H and O–H groups in total. The molecule has 1 rings (SSSR count). The zero-order valence-electron chi connectivity index (χ0n) is 8.93. The Bertz CT molecular complexity index is 413. The van der Waals surface area contributed by atoms with E-state index in [0.29, 0.717) is 5.57 Å². The molecule has 0 saturated carbocycles. The van der Waals surface area contributed by atoms with Crippen LogP contribution in [0.4, 0.5) is 8.78 Å². The molecule has 0 radical (unpaired) electrons. The smallest absolute Gasteiger partial charge is 0.305 e. The standard InChI is InChI=1S/C12H12F2O2/c1-8(3-6-12(15)16-2)10-5-4-9(13)7-11(10)14/h4-5,7H,1,3,6H2,2H3. The lowest BCUT2D eigenvalue weighted by atomic mass is 10.0. The van der Waals surface area contributed by atoms with Gasteiger partial charge >= 0.3 is 5.97 Å². The van der Waals surface area contributed by atoms with Gasteiger partial charge in [0.2, 0.25) is 0 Å². The second-order valence-corrected chi connectivity index (χ2v) is 3.30. The second kappa shape index (κ2) is 5.39. The van der Waals surface area contributed by atoms with Gasteiger partial charge in [-0.3, -0.25) is 4.79 Å². The van der Waals surface area contributed by atoms with Crippen molar-refractivity contribution in [2.24, 2.45) is 0 Å². The zero-order valence-corrected chi connectivity index (χ0v) is 8.93. The maximum atomic E-state index is 13.3. The van der Waals surface area contributed by atoms with E-state index in [1.54, 1.807) is 0 Å². The Hall–Kier alpha value is -1.71. The van der Waals surface area contributed by atoms with Gasteiger partial charge in [-0.25, -0.2) is 8.78 Å². The summed E-state index contributed by atoms with van der Waals surface area (Å²) in [4.78, 5) is 10.9. The summed E-state index contributed by atoms with van der Waals surface area (Å²) in [7, 11) is 1.28. The first-order valence-corrected chi connectivity index (χ1v) is 4.74. The number of hydrogen-bond donors (Lipinski definition) is 0. The van der Waals surface area contributed by atoms with Gasteiger partial charge in [0, 0.05) is 18.1 Å². The highest BCUT2D eigenvalue weighted by atomic mass is 19.1. The van der Waals surface area contributed by atoms with E-state index in [9.17, 15) is 13.6 Å². The van der Waals surface area contributed by atoms with Crippen molar-refractivity contribution in [3.05, 3.63) is 42.0 Å². The lowest BCUT2D eigenvalue weighted by Crippen LogP contribution is -2.00. The molecule has 0 amide bonds. The fraction of sp³-hybridized carbons (Fsp3) is 0.250. The molecule has 0 fully saturated rings. The molecular formula is C12H12F2O2. The Balaban J connectivity index is 2.70. The van der Waals surface area contributed by atoms with Crippen molar-refractivity contribution in [3.8, 4) is 0 Å². The first kappa shape index (κ1) is 12.4. The van der Waals surface area contributed by atoms with Crippen molar-refractivity contribution in [1.82, 2.24) is 0 Å². The molecule has 0 aliphatic heterocycles. The molecule has 0 unspecified atom stereocenters. The molecule has 0 aromatic heterocycles. The minimum absolute atomic E-state index is 0.131. The molecule has 16 heavy (non-hydrogen) atoms. The number of esters is 1. The molecule has 1 aromatic rings. The fourth-order valence-electron chi connectivity index (χ4n) is 1.27. The van der Waals surface area contributed by atoms with E-state index in [2.05, 4.69) is 11.3 Å². The quantitative estimate of drug-likeness (QED) is 0.738. The van der Waals surface area contributed by atoms with Crippen molar-refractivity contribution in [3.63, 3.8) is 0 Å². The largest absolute Gasteiger partial charge is 0.469 e. The van der Waals surface area contributed by atoms with Gasteiger partial charge in [0.05, 0.1) is 7.11 Å². The Morgan fingerprint density at radius 1 is 1.38 bits per heavy atom. The van der Waals surface area contributed by atoms with Crippen molar-refractivity contribution < 1.29 is 18.3 Å². The maximum absolute atomic E-state index is 13.3. The van der Waals surface area contributed by atoms with Crippen LogP contribution >= 0.6 is 0 Å². The highest BCUT2D eigenvalue weighted by Gasteiger charge is 2.09. The van der Waals surface area contributed by atoms with Crippen LogP contribution in [-0.4, -0.2) is 13.1 Å². The van der Waals surface area contributed by atoms with Crippen LogP contribution in [0, 0.1) is 11.6 Å². The Morgan fingerprint density at radius 3 is 2.62 bits per heavy atom. The summed E-state index contributed by atoms with van der Waals surface area (Å²) in [5, 5.41) is 0. The van der Waals surface area contributed by atoms with Crippen molar-refractivity contribution >= 4 is 11.5 Å². The van der Waals surface area contributed by atoms with E-state index < -0.39 is 11.6 Å². The summed E-state index contributed by atoms with van der Waals surface area (Å²) in [6.45, 7) is 3.65. The van der Waals surface area contributed by atoms with E-state index in [-0.39, 0.29) is 24.4 Å². The maximum Gasteiger partial charge on any atom is 0.305 e. The van der Waals surface area contributed by atoms with Crippen LogP contribution in [0.5, 0.6) is 0 Å². The van der Waals surface area contributed by atoms with Crippen LogP contribution in [0.2, 0.25) is 0 Å². The molecule has 4 heteroatoms. The summed E-state index contributed by atoms with van der Waals surface area (Å²) >= 11 is 0. The van der Waals surface area contributed by atoms with Crippen LogP contribution in [0.1, 0.15) is 18.4 Å². The molecule has 2 nitrogen and oxygen atoms in total. The van der Waals surface area contributed by atoms with Gasteiger partial charge < -0.3 is 4.74 Å². The Labute approximate surface area is 92.5 Å². The topological polar surface area (TPSA) is 26.3 Å². The van der Waals surface area contributed by atoms with Crippen molar-refractivity contribution in [2.45, 2.75) is 12.8 Å². The monoisotopic (exact) mass is 226 g/mol. The minimum Gasteiger partial charge on any atom is -0.469 e. The lowest BCUT2D eigenvalue weighted by Gasteiger charge is -2.06. The molecule has 0 heterocycles. The van der Waals surface area contributed by atoms with Crippen LogP contribution in [0.3, 0.4) is 0 Å². The SMILES string of the molecule is C=C(CCC(=O)OC)c1ccc(F)cc1F. The van der Waals surface area contributed by atoms with Gasteiger partial charge in [-0.05, 0) is 24.1 Å². The molecule has 1 aromatic carbocycles. The molecule has 0 aliphatic carbocycles. The Morgan fingerprint density at radius 2 is 2.06 bits per heavy atom. The van der Waals surface area contributed by atoms with Crippen LogP contribution in [-0.2, 0) is 9.53 Å². The molecule has 0 atom stereocenters. The summed E-state index contributed by atoms with van der Waals surface area (Å²) in [6.07, 6.45) is 0.418. The first-order chi connectivity index (χ1) is 7.54. The predicted octanol–water partition coefficient (Wildman–Crippen LogP) is 2.93. The summed E-state index contributed by atoms with van der Waals surface area (Å²) < 4.78 is 30.4. The number of hydrogen-bond acceptors (Lipinski definition) is 2. The van der Waals surface area contributed by atoms with Crippen LogP contribution in [0.15, 0.2) is 24.8 Å². The number of halogens is 2. The normalized spacial score (nSPS) is 9.94. The van der Waals surface area contributed by atoms with E-state index >= 15 is 0 Å². The third kappa shape index (κ3) is 3.15. The predicted molar refractivity (Wildman–Crippen MR) is 56.6 cm³/mol. The number of carbonyl (C=O) groups excluding carboxylic acids is 1. The van der Waals surface area contributed by atoms with E-state index in [4.69, 9.17) is 0 Å². The highest BCUT2D eigenvalue weighted by molar-refractivity contribution is 5.73. The number of allylic oxidation sites excluding steroid dienone is 1. The third-order valence-corrected chi connectivity index (χ3v) is 2.17. The van der Waals surface area contributed by atoms with Gasteiger partial charge in [0.25, 0.3) is 0 Å². The van der Waals surface area contributed by atoms with Gasteiger partial charge in [-0.1, -0.05) is 6.58 Å². The molecular weight excluding hydrogens is 214 g/mol. The lowest BCUT2D eigenvalue weighted by molar-refractivity contribution is -0.140. The van der Waals surface area contributed by atoms with Crippen molar-refractivity contribution in [1.29, 1.82) is 0 Å². The van der Waals surface area contributed by atoms with Crippen LogP contribution < -0.4 is 0 Å². The minimum atomic E-state index is -0.671. The summed E-state index contributed by atoms with van der Waals surface area (Å²) in [6, 6.07) is 3.25. The van der Waals surface area contributed by atoms with Gasteiger partial charge in [-0.2, -0.15) is 0 Å². The molecule has 0 spiro atoms. The van der Waals surface area contributed by atoms with E-state index in [1.165, 1.54) is 13.2 Å². The number of ether oxygens (including phenoxy) is 1. The summed E-state index contributed by atoms with van der Waals surface area (Å²) in [5.41, 5.74) is 0.674. The third-order valence-electron chi connectivity index (χ3n) is 2.17. The molecule has 0 bridgehead atoms. The van der Waals surface area contributed by atoms with Gasteiger partial charge in [0.1, 0.15) is 11.6 Å². The average Bonchev–Trinajstić information content (AvgIpc) is 2.25. The zero-order chi connectivity index (χ0) is 12.1. The second-order valence-electron chi connectivity index (χ2n) is 3.30. The Kier molecular flexibility index (Phi) is 4.17. The molecule has 0 aliphatic rings. The van der Waals surface area contributed by atoms with E-state index in [0.717, 1.165) is 12.1 Å². The van der Waals surface area contributed by atoms with Crippen LogP contribution in [0.25, 0.3) is 5.57 Å². The highest BCUT2D eigenvalue weighted by Crippen LogP contribution is 2.21. The van der Waals surface area contributed by atoms with Gasteiger partial charge in [0.15, 0.2) is 0 Å². The number of benzene rings is 1. The fourth-order valence-corrected chi connectivity index (χ4v) is 1.27.